The molecule has 0 radical (unpaired) electrons. The second-order valence-corrected chi connectivity index (χ2v) is 5.03. The van der Waals surface area contributed by atoms with Gasteiger partial charge in [-0.05, 0) is 41.1 Å². The Kier molecular flexibility index (Phi) is 4.37. The van der Waals surface area contributed by atoms with E-state index in [4.69, 9.17) is 0 Å². The number of rotatable bonds is 3. The van der Waals surface area contributed by atoms with Crippen molar-refractivity contribution in [2.45, 2.75) is 19.8 Å². The van der Waals surface area contributed by atoms with Gasteiger partial charge in [-0.3, -0.25) is 4.79 Å². The number of phenolic OH excluding ortho intramolecular Hbond substituents is 1. The van der Waals surface area contributed by atoms with Gasteiger partial charge in [0.2, 0.25) is 0 Å². The molecule has 0 saturated heterocycles. The molecule has 0 fully saturated rings. The van der Waals surface area contributed by atoms with E-state index in [0.29, 0.717) is 15.6 Å². The first-order valence-corrected chi connectivity index (χ1v) is 6.14. The number of Topliss-reactive ketones (excluding diaryl/α,β-unsaturated/α-hetero) is 1. The normalized spacial score (nSPS) is 10.2. The Bertz CT molecular complexity index is 363. The summed E-state index contributed by atoms with van der Waals surface area (Å²) in [5.74, 6) is 0.0801. The maximum atomic E-state index is 11.6. The molecule has 0 aromatic heterocycles. The monoisotopic (exact) mass is 368 g/mol. The van der Waals surface area contributed by atoms with Gasteiger partial charge in [-0.2, -0.15) is 0 Å². The van der Waals surface area contributed by atoms with E-state index in [0.717, 1.165) is 10.9 Å². The lowest BCUT2D eigenvalue weighted by atomic mass is 10.1. The summed E-state index contributed by atoms with van der Waals surface area (Å²) in [6, 6.07) is 3.44. The summed E-state index contributed by atoms with van der Waals surface area (Å²) in [5.41, 5.74) is 0.408. The van der Waals surface area contributed by atoms with E-state index in [1.54, 1.807) is 12.1 Å². The molecule has 1 N–H and O–H groups in total. The summed E-state index contributed by atoms with van der Waals surface area (Å²) in [5, 5.41) is 9.67. The van der Waals surface area contributed by atoms with E-state index in [9.17, 15) is 9.90 Å². The SMILES string of the molecule is CCCC(=O)c1cc(Br)cc(I)c1O. The van der Waals surface area contributed by atoms with Crippen LogP contribution in [0.15, 0.2) is 16.6 Å². The highest BCUT2D eigenvalue weighted by molar-refractivity contribution is 14.1. The molecular formula is C10H10BrIO2. The molecule has 0 amide bonds. The maximum Gasteiger partial charge on any atom is 0.166 e. The Morgan fingerprint density at radius 1 is 1.57 bits per heavy atom. The smallest absolute Gasteiger partial charge is 0.166 e. The number of carbonyl (C=O) groups is 1. The van der Waals surface area contributed by atoms with Crippen LogP contribution in [0.4, 0.5) is 0 Å². The fourth-order valence-corrected chi connectivity index (χ4v) is 2.65. The fourth-order valence-electron chi connectivity index (χ4n) is 1.14. The van der Waals surface area contributed by atoms with Crippen LogP contribution in [0.3, 0.4) is 0 Å². The molecule has 0 unspecified atom stereocenters. The third kappa shape index (κ3) is 2.70. The molecule has 1 rings (SSSR count). The van der Waals surface area contributed by atoms with Gasteiger partial charge in [0.15, 0.2) is 5.78 Å². The number of ketones is 1. The molecule has 0 spiro atoms. The van der Waals surface area contributed by atoms with Crippen molar-refractivity contribution in [3.05, 3.63) is 25.7 Å². The molecule has 2 nitrogen and oxygen atoms in total. The number of halogens is 2. The quantitative estimate of drug-likeness (QED) is 0.651. The Labute approximate surface area is 105 Å². The number of hydrogen-bond donors (Lipinski definition) is 1. The Balaban J connectivity index is 3.13. The molecule has 0 aliphatic carbocycles. The van der Waals surface area contributed by atoms with Crippen molar-refractivity contribution < 1.29 is 9.90 Å². The number of benzene rings is 1. The third-order valence-corrected chi connectivity index (χ3v) is 3.09. The van der Waals surface area contributed by atoms with Crippen molar-refractivity contribution in [3.8, 4) is 5.75 Å². The van der Waals surface area contributed by atoms with E-state index in [2.05, 4.69) is 15.9 Å². The highest BCUT2D eigenvalue weighted by Gasteiger charge is 2.13. The van der Waals surface area contributed by atoms with Gasteiger partial charge in [0.25, 0.3) is 0 Å². The van der Waals surface area contributed by atoms with Crippen LogP contribution in [0.1, 0.15) is 30.1 Å². The first-order chi connectivity index (χ1) is 6.56. The Morgan fingerprint density at radius 3 is 2.79 bits per heavy atom. The van der Waals surface area contributed by atoms with Crippen LogP contribution in [0.5, 0.6) is 5.75 Å². The molecule has 4 heteroatoms. The fraction of sp³-hybridized carbons (Fsp3) is 0.300. The van der Waals surface area contributed by atoms with Crippen molar-refractivity contribution in [1.82, 2.24) is 0 Å². The zero-order valence-electron chi connectivity index (χ0n) is 7.68. The van der Waals surface area contributed by atoms with Crippen LogP contribution in [0.2, 0.25) is 0 Å². The summed E-state index contributed by atoms with van der Waals surface area (Å²) in [6.07, 6.45) is 1.27. The summed E-state index contributed by atoms with van der Waals surface area (Å²) >= 11 is 5.30. The van der Waals surface area contributed by atoms with Crippen LogP contribution < -0.4 is 0 Å². The summed E-state index contributed by atoms with van der Waals surface area (Å²) in [4.78, 5) is 11.6. The predicted molar refractivity (Wildman–Crippen MR) is 67.8 cm³/mol. The van der Waals surface area contributed by atoms with Crippen LogP contribution in [0.25, 0.3) is 0 Å². The van der Waals surface area contributed by atoms with Gasteiger partial charge in [0, 0.05) is 10.9 Å². The standard InChI is InChI=1S/C10H10BrIO2/c1-2-3-9(13)7-4-6(11)5-8(12)10(7)14/h4-5,14H,2-3H2,1H3. The minimum absolute atomic E-state index is 0.00999. The third-order valence-electron chi connectivity index (χ3n) is 1.81. The van der Waals surface area contributed by atoms with E-state index in [1.165, 1.54) is 0 Å². The highest BCUT2D eigenvalue weighted by atomic mass is 127. The molecule has 1 aromatic carbocycles. The van der Waals surface area contributed by atoms with Crippen molar-refractivity contribution in [2.75, 3.05) is 0 Å². The van der Waals surface area contributed by atoms with Crippen molar-refractivity contribution in [3.63, 3.8) is 0 Å². The van der Waals surface area contributed by atoms with Crippen LogP contribution >= 0.6 is 38.5 Å². The number of phenols is 1. The van der Waals surface area contributed by atoms with Gasteiger partial charge in [0.1, 0.15) is 5.75 Å². The molecule has 14 heavy (non-hydrogen) atoms. The first kappa shape index (κ1) is 12.0. The van der Waals surface area contributed by atoms with Gasteiger partial charge >= 0.3 is 0 Å². The van der Waals surface area contributed by atoms with Gasteiger partial charge in [-0.1, -0.05) is 22.9 Å². The second-order valence-electron chi connectivity index (χ2n) is 2.96. The summed E-state index contributed by atoms with van der Waals surface area (Å²) < 4.78 is 1.51. The zero-order chi connectivity index (χ0) is 10.7. The lowest BCUT2D eigenvalue weighted by Crippen LogP contribution is -1.99. The number of hydrogen-bond acceptors (Lipinski definition) is 2. The van der Waals surface area contributed by atoms with Crippen LogP contribution in [-0.2, 0) is 0 Å². The predicted octanol–water partition coefficient (Wildman–Crippen LogP) is 3.74. The summed E-state index contributed by atoms with van der Waals surface area (Å²) in [6.45, 7) is 1.94. The molecular weight excluding hydrogens is 359 g/mol. The molecule has 0 aliphatic heterocycles. The Morgan fingerprint density at radius 2 is 2.21 bits per heavy atom. The second kappa shape index (κ2) is 5.11. The van der Waals surface area contributed by atoms with E-state index in [1.807, 2.05) is 29.5 Å². The topological polar surface area (TPSA) is 37.3 Å². The molecule has 0 aliphatic rings. The highest BCUT2D eigenvalue weighted by Crippen LogP contribution is 2.29. The lowest BCUT2D eigenvalue weighted by Gasteiger charge is -2.05. The average Bonchev–Trinajstić information content (AvgIpc) is 2.11. The van der Waals surface area contributed by atoms with Crippen molar-refractivity contribution >= 4 is 44.3 Å². The van der Waals surface area contributed by atoms with Gasteiger partial charge in [-0.15, -0.1) is 0 Å². The molecule has 0 saturated carbocycles. The van der Waals surface area contributed by atoms with Crippen LogP contribution in [0, 0.1) is 3.57 Å². The number of carbonyl (C=O) groups excluding carboxylic acids is 1. The minimum atomic E-state index is -0.00999. The van der Waals surface area contributed by atoms with Crippen LogP contribution in [-0.4, -0.2) is 10.9 Å². The molecule has 0 heterocycles. The van der Waals surface area contributed by atoms with Crippen molar-refractivity contribution in [2.24, 2.45) is 0 Å². The van der Waals surface area contributed by atoms with Gasteiger partial charge < -0.3 is 5.11 Å². The minimum Gasteiger partial charge on any atom is -0.506 e. The number of aromatic hydroxyl groups is 1. The molecule has 1 aromatic rings. The molecule has 76 valence electrons. The average molecular weight is 369 g/mol. The summed E-state index contributed by atoms with van der Waals surface area (Å²) in [7, 11) is 0. The van der Waals surface area contributed by atoms with Gasteiger partial charge in [-0.25, -0.2) is 0 Å². The van der Waals surface area contributed by atoms with E-state index >= 15 is 0 Å². The van der Waals surface area contributed by atoms with Crippen molar-refractivity contribution in [1.29, 1.82) is 0 Å². The zero-order valence-corrected chi connectivity index (χ0v) is 11.4. The van der Waals surface area contributed by atoms with Gasteiger partial charge in [0.05, 0.1) is 9.13 Å². The molecule has 0 bridgehead atoms. The first-order valence-electron chi connectivity index (χ1n) is 4.27. The largest absolute Gasteiger partial charge is 0.506 e. The lowest BCUT2D eigenvalue weighted by molar-refractivity contribution is 0.0979. The van der Waals surface area contributed by atoms with E-state index in [-0.39, 0.29) is 11.5 Å². The molecule has 0 atom stereocenters. The Hall–Kier alpha value is -0.100. The maximum absolute atomic E-state index is 11.6. The van der Waals surface area contributed by atoms with E-state index < -0.39 is 0 Å².